The molecule has 0 atom stereocenters. The maximum atomic E-state index is 12.2. The molecule has 1 fully saturated rings. The van der Waals surface area contributed by atoms with Gasteiger partial charge in [-0.1, -0.05) is 29.8 Å². The molecule has 1 aliphatic rings. The number of aryl methyl sites for hydroxylation is 1. The summed E-state index contributed by atoms with van der Waals surface area (Å²) in [5.74, 6) is 1.36. The van der Waals surface area contributed by atoms with Gasteiger partial charge in [0.15, 0.2) is 0 Å². The molecule has 1 aliphatic carbocycles. The van der Waals surface area contributed by atoms with E-state index in [-0.39, 0.29) is 6.67 Å². The SMILES string of the molecule is Cc1ccc(C2CCC(CCF)CC2)cc1. The van der Waals surface area contributed by atoms with Crippen LogP contribution >= 0.6 is 0 Å². The Morgan fingerprint density at radius 2 is 1.69 bits per heavy atom. The third-order valence-electron chi connectivity index (χ3n) is 3.91. The van der Waals surface area contributed by atoms with Crippen LogP contribution in [0.1, 0.15) is 49.1 Å². The molecule has 0 aliphatic heterocycles. The summed E-state index contributed by atoms with van der Waals surface area (Å²) in [4.78, 5) is 0. The van der Waals surface area contributed by atoms with E-state index in [1.807, 2.05) is 0 Å². The molecule has 0 N–H and O–H groups in total. The first kappa shape index (κ1) is 11.6. The number of halogens is 1. The molecule has 0 radical (unpaired) electrons. The summed E-state index contributed by atoms with van der Waals surface area (Å²) in [6, 6.07) is 8.91. The Morgan fingerprint density at radius 3 is 2.25 bits per heavy atom. The fraction of sp³-hybridized carbons (Fsp3) is 0.600. The van der Waals surface area contributed by atoms with Crippen molar-refractivity contribution in [1.29, 1.82) is 0 Å². The predicted octanol–water partition coefficient (Wildman–Crippen LogP) is 4.63. The summed E-state index contributed by atoms with van der Waals surface area (Å²) >= 11 is 0. The van der Waals surface area contributed by atoms with Gasteiger partial charge >= 0.3 is 0 Å². The summed E-state index contributed by atoms with van der Waals surface area (Å²) in [6.45, 7) is 1.99. The molecule has 1 saturated carbocycles. The molecule has 0 heterocycles. The van der Waals surface area contributed by atoms with Crippen LogP contribution in [0.2, 0.25) is 0 Å². The van der Waals surface area contributed by atoms with Crippen molar-refractivity contribution in [1.82, 2.24) is 0 Å². The van der Waals surface area contributed by atoms with Crippen molar-refractivity contribution in [2.45, 2.75) is 44.9 Å². The molecule has 88 valence electrons. The molecule has 16 heavy (non-hydrogen) atoms. The van der Waals surface area contributed by atoms with E-state index >= 15 is 0 Å². The van der Waals surface area contributed by atoms with E-state index in [0.29, 0.717) is 5.92 Å². The Kier molecular flexibility index (Phi) is 3.98. The second-order valence-electron chi connectivity index (χ2n) is 5.11. The summed E-state index contributed by atoms with van der Waals surface area (Å²) in [7, 11) is 0. The van der Waals surface area contributed by atoms with Crippen LogP contribution in [0, 0.1) is 12.8 Å². The summed E-state index contributed by atoms with van der Waals surface area (Å²) in [5, 5.41) is 0. The molecule has 1 heteroatoms. The minimum atomic E-state index is -0.139. The first-order valence-electron chi connectivity index (χ1n) is 6.42. The average Bonchev–Trinajstić information content (AvgIpc) is 2.32. The van der Waals surface area contributed by atoms with Crippen molar-refractivity contribution < 1.29 is 4.39 Å². The number of benzene rings is 1. The van der Waals surface area contributed by atoms with Gasteiger partial charge < -0.3 is 0 Å². The van der Waals surface area contributed by atoms with Gasteiger partial charge in [-0.05, 0) is 56.4 Å². The van der Waals surface area contributed by atoms with E-state index in [4.69, 9.17) is 0 Å². The smallest absolute Gasteiger partial charge is 0.0897 e. The number of hydrogen-bond acceptors (Lipinski definition) is 0. The average molecular weight is 220 g/mol. The van der Waals surface area contributed by atoms with E-state index < -0.39 is 0 Å². The minimum absolute atomic E-state index is 0.139. The molecular weight excluding hydrogens is 199 g/mol. The fourth-order valence-electron chi connectivity index (χ4n) is 2.78. The molecule has 0 nitrogen and oxygen atoms in total. The minimum Gasteiger partial charge on any atom is -0.251 e. The van der Waals surface area contributed by atoms with Crippen LogP contribution < -0.4 is 0 Å². The first-order chi connectivity index (χ1) is 7.79. The van der Waals surface area contributed by atoms with E-state index in [2.05, 4.69) is 31.2 Å². The lowest BCUT2D eigenvalue weighted by atomic mass is 9.78. The van der Waals surface area contributed by atoms with Crippen LogP contribution in [0.25, 0.3) is 0 Å². The van der Waals surface area contributed by atoms with Crippen molar-refractivity contribution in [3.8, 4) is 0 Å². The summed E-state index contributed by atoms with van der Waals surface area (Å²) in [6.07, 6.45) is 5.69. The molecule has 0 bridgehead atoms. The molecule has 1 aromatic rings. The highest BCUT2D eigenvalue weighted by Crippen LogP contribution is 2.36. The van der Waals surface area contributed by atoms with Gasteiger partial charge in [0.25, 0.3) is 0 Å². The van der Waals surface area contributed by atoms with E-state index in [1.54, 1.807) is 0 Å². The van der Waals surface area contributed by atoms with Crippen LogP contribution in [0.4, 0.5) is 4.39 Å². The molecule has 0 aromatic heterocycles. The Bertz CT molecular complexity index is 307. The van der Waals surface area contributed by atoms with E-state index in [0.717, 1.165) is 12.3 Å². The van der Waals surface area contributed by atoms with Crippen molar-refractivity contribution in [3.05, 3.63) is 35.4 Å². The molecule has 0 saturated heterocycles. The number of rotatable bonds is 3. The third-order valence-corrected chi connectivity index (χ3v) is 3.91. The molecule has 0 spiro atoms. The normalized spacial score (nSPS) is 25.6. The fourth-order valence-corrected chi connectivity index (χ4v) is 2.78. The molecule has 0 unspecified atom stereocenters. The van der Waals surface area contributed by atoms with Crippen LogP contribution in [0.15, 0.2) is 24.3 Å². The van der Waals surface area contributed by atoms with Gasteiger partial charge in [-0.2, -0.15) is 0 Å². The second-order valence-corrected chi connectivity index (χ2v) is 5.11. The third kappa shape index (κ3) is 2.84. The highest BCUT2D eigenvalue weighted by molar-refractivity contribution is 5.24. The highest BCUT2D eigenvalue weighted by Gasteiger charge is 2.21. The monoisotopic (exact) mass is 220 g/mol. The zero-order valence-electron chi connectivity index (χ0n) is 10.1. The van der Waals surface area contributed by atoms with Crippen molar-refractivity contribution >= 4 is 0 Å². The topological polar surface area (TPSA) is 0 Å². The van der Waals surface area contributed by atoms with Gasteiger partial charge in [-0.3, -0.25) is 4.39 Å². The summed E-state index contributed by atoms with van der Waals surface area (Å²) < 4.78 is 12.2. The first-order valence-corrected chi connectivity index (χ1v) is 6.42. The standard InChI is InChI=1S/C15H21F/c1-12-2-6-14(7-3-12)15-8-4-13(5-9-15)10-11-16/h2-3,6-7,13,15H,4-5,8-11H2,1H3. The Morgan fingerprint density at radius 1 is 1.06 bits per heavy atom. The molecule has 0 amide bonds. The number of hydrogen-bond donors (Lipinski definition) is 0. The number of alkyl halides is 1. The van der Waals surface area contributed by atoms with Gasteiger partial charge in [0.1, 0.15) is 0 Å². The van der Waals surface area contributed by atoms with E-state index in [9.17, 15) is 4.39 Å². The summed E-state index contributed by atoms with van der Waals surface area (Å²) in [5.41, 5.74) is 2.80. The van der Waals surface area contributed by atoms with Gasteiger partial charge in [0.05, 0.1) is 6.67 Å². The quantitative estimate of drug-likeness (QED) is 0.696. The van der Waals surface area contributed by atoms with Crippen LogP contribution in [0.5, 0.6) is 0 Å². The highest BCUT2D eigenvalue weighted by atomic mass is 19.1. The van der Waals surface area contributed by atoms with Gasteiger partial charge in [0, 0.05) is 0 Å². The second kappa shape index (κ2) is 5.47. The Labute approximate surface area is 97.9 Å². The van der Waals surface area contributed by atoms with Crippen molar-refractivity contribution in [3.63, 3.8) is 0 Å². The Hall–Kier alpha value is -0.850. The van der Waals surface area contributed by atoms with Crippen molar-refractivity contribution in [2.75, 3.05) is 6.67 Å². The maximum absolute atomic E-state index is 12.2. The predicted molar refractivity (Wildman–Crippen MR) is 66.5 cm³/mol. The van der Waals surface area contributed by atoms with Crippen LogP contribution in [0.3, 0.4) is 0 Å². The molecule has 2 rings (SSSR count). The van der Waals surface area contributed by atoms with Gasteiger partial charge in [-0.15, -0.1) is 0 Å². The van der Waals surface area contributed by atoms with E-state index in [1.165, 1.54) is 36.8 Å². The molecule has 1 aromatic carbocycles. The van der Waals surface area contributed by atoms with Crippen molar-refractivity contribution in [2.24, 2.45) is 5.92 Å². The van der Waals surface area contributed by atoms with Gasteiger partial charge in [-0.25, -0.2) is 0 Å². The lowest BCUT2D eigenvalue weighted by Gasteiger charge is -2.28. The lowest BCUT2D eigenvalue weighted by Crippen LogP contribution is -2.13. The lowest BCUT2D eigenvalue weighted by molar-refractivity contribution is 0.283. The zero-order chi connectivity index (χ0) is 11.4. The largest absolute Gasteiger partial charge is 0.251 e. The molecular formula is C15H21F. The van der Waals surface area contributed by atoms with Crippen LogP contribution in [-0.4, -0.2) is 6.67 Å². The zero-order valence-corrected chi connectivity index (χ0v) is 10.1. The maximum Gasteiger partial charge on any atom is 0.0897 e. The van der Waals surface area contributed by atoms with Crippen LogP contribution in [-0.2, 0) is 0 Å². The Balaban J connectivity index is 1.91. The van der Waals surface area contributed by atoms with Gasteiger partial charge in [0.2, 0.25) is 0 Å².